The highest BCUT2D eigenvalue weighted by molar-refractivity contribution is 6.30. The van der Waals surface area contributed by atoms with Crippen molar-refractivity contribution in [3.8, 4) is 0 Å². The molecule has 1 heterocycles. The number of likely N-dealkylation sites (N-methyl/N-ethyl adjacent to an activating group) is 1. The number of rotatable bonds is 5. The highest BCUT2D eigenvalue weighted by atomic mass is 35.5. The quantitative estimate of drug-likeness (QED) is 0.896. The number of nitrogens with one attached hydrogen (secondary N) is 1. The Morgan fingerprint density at radius 2 is 2.11 bits per heavy atom. The molecule has 0 bridgehead atoms. The van der Waals surface area contributed by atoms with E-state index in [1.54, 1.807) is 0 Å². The molecule has 1 aliphatic heterocycles. The van der Waals surface area contributed by atoms with E-state index in [0.29, 0.717) is 12.1 Å². The lowest BCUT2D eigenvalue weighted by Gasteiger charge is -2.35. The Labute approximate surface area is 120 Å². The second kappa shape index (κ2) is 7.25. The fraction of sp³-hybridized carbons (Fsp3) is 0.600. The van der Waals surface area contributed by atoms with Crippen LogP contribution in [0.3, 0.4) is 0 Å². The Morgan fingerprint density at radius 1 is 1.37 bits per heavy atom. The average Bonchev–Trinajstić information content (AvgIpc) is 2.42. The van der Waals surface area contributed by atoms with Crippen LogP contribution in [-0.4, -0.2) is 50.8 Å². The second-order valence-corrected chi connectivity index (χ2v) is 5.77. The zero-order valence-electron chi connectivity index (χ0n) is 11.7. The molecule has 1 N–H and O–H groups in total. The van der Waals surface area contributed by atoms with Gasteiger partial charge in [0.05, 0.1) is 13.2 Å². The molecular formula is C15H23ClN2O. The van der Waals surface area contributed by atoms with E-state index in [4.69, 9.17) is 16.3 Å². The average molecular weight is 283 g/mol. The molecular weight excluding hydrogens is 260 g/mol. The first-order valence-electron chi connectivity index (χ1n) is 6.89. The predicted molar refractivity (Wildman–Crippen MR) is 79.9 cm³/mol. The van der Waals surface area contributed by atoms with Gasteiger partial charge in [-0.05, 0) is 44.6 Å². The third kappa shape index (κ3) is 4.46. The van der Waals surface area contributed by atoms with Gasteiger partial charge in [0, 0.05) is 23.7 Å². The monoisotopic (exact) mass is 282 g/mol. The summed E-state index contributed by atoms with van der Waals surface area (Å²) in [5.74, 6) is 0. The van der Waals surface area contributed by atoms with Crippen molar-refractivity contribution in [2.75, 3.05) is 33.9 Å². The van der Waals surface area contributed by atoms with Crippen LogP contribution in [0.4, 0.5) is 0 Å². The van der Waals surface area contributed by atoms with Gasteiger partial charge in [0.1, 0.15) is 0 Å². The highest BCUT2D eigenvalue weighted by Crippen LogP contribution is 2.15. The fourth-order valence-electron chi connectivity index (χ4n) is 2.62. The third-order valence-corrected chi connectivity index (χ3v) is 3.97. The molecule has 1 aromatic rings. The van der Waals surface area contributed by atoms with Crippen molar-refractivity contribution in [2.24, 2.45) is 0 Å². The summed E-state index contributed by atoms with van der Waals surface area (Å²) >= 11 is 5.91. The summed E-state index contributed by atoms with van der Waals surface area (Å²) in [4.78, 5) is 2.29. The van der Waals surface area contributed by atoms with Gasteiger partial charge in [-0.2, -0.15) is 0 Å². The molecule has 1 fully saturated rings. The standard InChI is InChI=1S/C15H23ClN2O/c1-18(2)15(14-11-19-10-9-17-14)8-5-12-3-6-13(16)7-4-12/h3-4,6-7,14-15,17H,5,8-11H2,1-2H3. The Bertz CT molecular complexity index is 374. The van der Waals surface area contributed by atoms with Crippen LogP contribution in [0.1, 0.15) is 12.0 Å². The van der Waals surface area contributed by atoms with Gasteiger partial charge in [0.15, 0.2) is 0 Å². The minimum Gasteiger partial charge on any atom is -0.378 e. The normalized spacial score (nSPS) is 21.6. The fourth-order valence-corrected chi connectivity index (χ4v) is 2.74. The smallest absolute Gasteiger partial charge is 0.0635 e. The Balaban J connectivity index is 1.91. The Hall–Kier alpha value is -0.610. The molecule has 0 aliphatic carbocycles. The van der Waals surface area contributed by atoms with Gasteiger partial charge < -0.3 is 15.0 Å². The minimum absolute atomic E-state index is 0.427. The van der Waals surface area contributed by atoms with E-state index in [1.165, 1.54) is 5.56 Å². The summed E-state index contributed by atoms with van der Waals surface area (Å²) in [6, 6.07) is 9.07. The Kier molecular flexibility index (Phi) is 5.64. The van der Waals surface area contributed by atoms with Gasteiger partial charge in [0.25, 0.3) is 0 Å². The van der Waals surface area contributed by atoms with Gasteiger partial charge in [-0.1, -0.05) is 23.7 Å². The number of hydrogen-bond donors (Lipinski definition) is 1. The third-order valence-electron chi connectivity index (χ3n) is 3.72. The number of nitrogens with zero attached hydrogens (tertiary/aromatic N) is 1. The topological polar surface area (TPSA) is 24.5 Å². The molecule has 2 atom stereocenters. The largest absolute Gasteiger partial charge is 0.378 e. The predicted octanol–water partition coefficient (Wildman–Crippen LogP) is 2.19. The summed E-state index contributed by atoms with van der Waals surface area (Å²) < 4.78 is 5.57. The minimum atomic E-state index is 0.427. The molecule has 0 saturated carbocycles. The second-order valence-electron chi connectivity index (χ2n) is 5.33. The van der Waals surface area contributed by atoms with Crippen LogP contribution in [0.25, 0.3) is 0 Å². The first-order chi connectivity index (χ1) is 9.16. The van der Waals surface area contributed by atoms with Crippen molar-refractivity contribution in [1.82, 2.24) is 10.2 Å². The number of ether oxygens (including phenoxy) is 1. The van der Waals surface area contributed by atoms with Crippen molar-refractivity contribution in [3.63, 3.8) is 0 Å². The Morgan fingerprint density at radius 3 is 2.68 bits per heavy atom. The molecule has 19 heavy (non-hydrogen) atoms. The molecule has 0 radical (unpaired) electrons. The zero-order chi connectivity index (χ0) is 13.7. The van der Waals surface area contributed by atoms with E-state index in [9.17, 15) is 0 Å². The van der Waals surface area contributed by atoms with Gasteiger partial charge in [-0.3, -0.25) is 0 Å². The molecule has 2 unspecified atom stereocenters. The number of aryl methyl sites for hydroxylation is 1. The van der Waals surface area contributed by atoms with E-state index in [0.717, 1.165) is 37.6 Å². The first-order valence-corrected chi connectivity index (χ1v) is 7.26. The molecule has 0 spiro atoms. The van der Waals surface area contributed by atoms with Crippen LogP contribution in [0.15, 0.2) is 24.3 Å². The highest BCUT2D eigenvalue weighted by Gasteiger charge is 2.25. The van der Waals surface area contributed by atoms with E-state index in [1.807, 2.05) is 12.1 Å². The van der Waals surface area contributed by atoms with E-state index < -0.39 is 0 Å². The van der Waals surface area contributed by atoms with Crippen LogP contribution < -0.4 is 5.32 Å². The van der Waals surface area contributed by atoms with Crippen LogP contribution in [0.5, 0.6) is 0 Å². The lowest BCUT2D eigenvalue weighted by molar-refractivity contribution is 0.0443. The lowest BCUT2D eigenvalue weighted by atomic mass is 9.98. The molecule has 2 rings (SSSR count). The van der Waals surface area contributed by atoms with Crippen LogP contribution in [-0.2, 0) is 11.2 Å². The molecule has 0 amide bonds. The van der Waals surface area contributed by atoms with Crippen molar-refractivity contribution >= 4 is 11.6 Å². The first kappa shape index (κ1) is 14.8. The van der Waals surface area contributed by atoms with Gasteiger partial charge >= 0.3 is 0 Å². The molecule has 106 valence electrons. The molecule has 0 aromatic heterocycles. The van der Waals surface area contributed by atoms with Crippen molar-refractivity contribution in [3.05, 3.63) is 34.9 Å². The summed E-state index contributed by atoms with van der Waals surface area (Å²) in [5.41, 5.74) is 1.34. The van der Waals surface area contributed by atoms with E-state index in [-0.39, 0.29) is 0 Å². The van der Waals surface area contributed by atoms with Crippen LogP contribution >= 0.6 is 11.6 Å². The number of morpholine rings is 1. The van der Waals surface area contributed by atoms with Gasteiger partial charge in [0.2, 0.25) is 0 Å². The van der Waals surface area contributed by atoms with Gasteiger partial charge in [-0.25, -0.2) is 0 Å². The summed E-state index contributed by atoms with van der Waals surface area (Å²) in [6.07, 6.45) is 2.19. The van der Waals surface area contributed by atoms with Gasteiger partial charge in [-0.15, -0.1) is 0 Å². The van der Waals surface area contributed by atoms with E-state index >= 15 is 0 Å². The number of halogens is 1. The van der Waals surface area contributed by atoms with Crippen LogP contribution in [0, 0.1) is 0 Å². The molecule has 3 nitrogen and oxygen atoms in total. The maximum Gasteiger partial charge on any atom is 0.0635 e. The van der Waals surface area contributed by atoms with Crippen LogP contribution in [0.2, 0.25) is 5.02 Å². The molecule has 4 heteroatoms. The molecule has 1 aromatic carbocycles. The number of benzene rings is 1. The lowest BCUT2D eigenvalue weighted by Crippen LogP contribution is -2.53. The molecule has 1 aliphatic rings. The molecule has 1 saturated heterocycles. The SMILES string of the molecule is CN(C)C(CCc1ccc(Cl)cc1)C1COCCN1. The summed E-state index contributed by atoms with van der Waals surface area (Å²) in [7, 11) is 4.28. The summed E-state index contributed by atoms with van der Waals surface area (Å²) in [5, 5.41) is 4.36. The van der Waals surface area contributed by atoms with Crippen molar-refractivity contribution in [1.29, 1.82) is 0 Å². The maximum atomic E-state index is 5.91. The zero-order valence-corrected chi connectivity index (χ0v) is 12.5. The summed E-state index contributed by atoms with van der Waals surface area (Å²) in [6.45, 7) is 2.59. The van der Waals surface area contributed by atoms with E-state index in [2.05, 4.69) is 36.4 Å². The van der Waals surface area contributed by atoms with Crippen molar-refractivity contribution in [2.45, 2.75) is 24.9 Å². The van der Waals surface area contributed by atoms with Crippen molar-refractivity contribution < 1.29 is 4.74 Å². The maximum absolute atomic E-state index is 5.91. The number of hydrogen-bond acceptors (Lipinski definition) is 3.